The molecule has 1 unspecified atom stereocenters. The van der Waals surface area contributed by atoms with E-state index < -0.39 is 5.97 Å². The summed E-state index contributed by atoms with van der Waals surface area (Å²) in [5, 5.41) is 9.82. The van der Waals surface area contributed by atoms with Gasteiger partial charge >= 0.3 is 5.97 Å². The summed E-state index contributed by atoms with van der Waals surface area (Å²) in [6.45, 7) is 7.56. The zero-order valence-electron chi connectivity index (χ0n) is 21.8. The number of para-hydroxylation sites is 1. The molecule has 0 saturated heterocycles. The summed E-state index contributed by atoms with van der Waals surface area (Å²) in [5.74, 6) is -0.256. The second kappa shape index (κ2) is 13.8. The fourth-order valence-electron chi connectivity index (χ4n) is 4.52. The number of allylic oxidation sites excluding steroid dienone is 1. The molecule has 0 saturated carbocycles. The first-order chi connectivity index (χ1) is 17.4. The van der Waals surface area contributed by atoms with Gasteiger partial charge in [0.2, 0.25) is 0 Å². The Morgan fingerprint density at radius 3 is 2.50 bits per heavy atom. The summed E-state index contributed by atoms with van der Waals surface area (Å²) in [6.07, 6.45) is 10.1. The lowest BCUT2D eigenvalue weighted by Gasteiger charge is -2.18. The Kier molecular flexibility index (Phi) is 10.5. The zero-order valence-corrected chi connectivity index (χ0v) is 21.8. The van der Waals surface area contributed by atoms with Gasteiger partial charge < -0.3 is 14.4 Å². The van der Waals surface area contributed by atoms with Gasteiger partial charge in [0.05, 0.1) is 12.7 Å². The number of carbonyl (C=O) groups is 2. The second-order valence-corrected chi connectivity index (χ2v) is 9.82. The summed E-state index contributed by atoms with van der Waals surface area (Å²) in [6, 6.07) is 16.5. The number of aryl methyl sites for hydroxylation is 1. The second-order valence-electron chi connectivity index (χ2n) is 9.82. The van der Waals surface area contributed by atoms with Crippen LogP contribution >= 0.6 is 0 Å². The lowest BCUT2D eigenvalue weighted by molar-refractivity contribution is -0.137. The fraction of sp³-hybridized carbons (Fsp3) is 0.419. The van der Waals surface area contributed by atoms with E-state index in [1.54, 1.807) is 12.2 Å². The van der Waals surface area contributed by atoms with Gasteiger partial charge in [0.25, 0.3) is 0 Å². The largest absolute Gasteiger partial charge is 0.481 e. The van der Waals surface area contributed by atoms with Crippen LogP contribution in [0.5, 0.6) is 0 Å². The van der Waals surface area contributed by atoms with Crippen molar-refractivity contribution in [3.05, 3.63) is 83.6 Å². The molecule has 2 aromatic carbocycles. The van der Waals surface area contributed by atoms with Crippen molar-refractivity contribution in [2.75, 3.05) is 6.61 Å². The molecule has 0 spiro atoms. The van der Waals surface area contributed by atoms with Crippen molar-refractivity contribution in [1.82, 2.24) is 4.57 Å². The van der Waals surface area contributed by atoms with Crippen molar-refractivity contribution in [2.24, 2.45) is 5.92 Å². The first-order valence-corrected chi connectivity index (χ1v) is 13.1. The van der Waals surface area contributed by atoms with E-state index >= 15 is 0 Å². The summed E-state index contributed by atoms with van der Waals surface area (Å²) in [4.78, 5) is 23.9. The highest BCUT2D eigenvalue weighted by Crippen LogP contribution is 2.25. The van der Waals surface area contributed by atoms with Crippen LogP contribution in [0.3, 0.4) is 0 Å². The molecule has 0 bridgehead atoms. The normalized spacial score (nSPS) is 12.6. The molecule has 3 aromatic rings. The lowest BCUT2D eigenvalue weighted by Crippen LogP contribution is -2.06. The van der Waals surface area contributed by atoms with E-state index in [4.69, 9.17) is 9.84 Å². The van der Waals surface area contributed by atoms with E-state index in [1.807, 2.05) is 35.0 Å². The molecule has 0 amide bonds. The summed E-state index contributed by atoms with van der Waals surface area (Å²) in [5.41, 5.74) is 4.09. The quantitative estimate of drug-likeness (QED) is 0.178. The minimum atomic E-state index is -0.811. The van der Waals surface area contributed by atoms with Gasteiger partial charge in [-0.15, -0.1) is 0 Å². The van der Waals surface area contributed by atoms with Crippen LogP contribution < -0.4 is 0 Å². The van der Waals surface area contributed by atoms with E-state index in [0.717, 1.165) is 36.6 Å². The SMILES string of the molecule is CCCCC(OCC=CC(=O)c1cn(CCCC(=O)O)c2ccccc12)c1ccc(CC(C)C)cc1. The summed E-state index contributed by atoms with van der Waals surface area (Å²) < 4.78 is 8.18. The molecule has 1 aromatic heterocycles. The molecular formula is C31H39NO4. The molecule has 192 valence electrons. The van der Waals surface area contributed by atoms with Crippen molar-refractivity contribution in [3.8, 4) is 0 Å². The Morgan fingerprint density at radius 2 is 1.81 bits per heavy atom. The number of carbonyl (C=O) groups excluding carboxylic acids is 1. The van der Waals surface area contributed by atoms with Gasteiger partial charge in [0.1, 0.15) is 0 Å². The molecule has 0 fully saturated rings. The summed E-state index contributed by atoms with van der Waals surface area (Å²) in [7, 11) is 0. The van der Waals surface area contributed by atoms with E-state index in [-0.39, 0.29) is 18.3 Å². The van der Waals surface area contributed by atoms with Crippen LogP contribution in [0.2, 0.25) is 0 Å². The molecule has 0 aliphatic carbocycles. The van der Waals surface area contributed by atoms with Crippen LogP contribution in [-0.4, -0.2) is 28.0 Å². The number of hydrogen-bond donors (Lipinski definition) is 1. The van der Waals surface area contributed by atoms with Gasteiger partial charge in [-0.05, 0) is 48.4 Å². The standard InChI is InChI=1S/C31H39NO4/c1-4-5-13-30(25-17-15-24(16-18-25)21-23(2)3)36-20-9-12-29(33)27-22-32(19-8-14-31(34)35)28-11-7-6-10-26(27)28/h6-7,9-12,15-18,22-23,30H,4-5,8,13-14,19-21H2,1-3H3,(H,34,35). The van der Waals surface area contributed by atoms with Crippen molar-refractivity contribution in [3.63, 3.8) is 0 Å². The fourth-order valence-corrected chi connectivity index (χ4v) is 4.52. The zero-order chi connectivity index (χ0) is 25.9. The molecule has 5 nitrogen and oxygen atoms in total. The molecule has 36 heavy (non-hydrogen) atoms. The van der Waals surface area contributed by atoms with Gasteiger partial charge in [-0.1, -0.05) is 82.2 Å². The topological polar surface area (TPSA) is 68.5 Å². The number of hydrogen-bond acceptors (Lipinski definition) is 3. The first-order valence-electron chi connectivity index (χ1n) is 13.1. The van der Waals surface area contributed by atoms with Crippen LogP contribution in [0.4, 0.5) is 0 Å². The predicted molar refractivity (Wildman–Crippen MR) is 145 cm³/mol. The maximum atomic E-state index is 13.0. The molecule has 1 N–H and O–H groups in total. The molecule has 3 rings (SSSR count). The van der Waals surface area contributed by atoms with Crippen LogP contribution in [-0.2, 0) is 22.5 Å². The number of ketones is 1. The van der Waals surface area contributed by atoms with Crippen LogP contribution in [0.1, 0.15) is 80.5 Å². The number of rotatable bonds is 15. The van der Waals surface area contributed by atoms with Gasteiger partial charge in [0.15, 0.2) is 5.78 Å². The summed E-state index contributed by atoms with van der Waals surface area (Å²) >= 11 is 0. The first kappa shape index (κ1) is 27.4. The third-order valence-electron chi connectivity index (χ3n) is 6.32. The highest BCUT2D eigenvalue weighted by atomic mass is 16.5. The molecule has 5 heteroatoms. The van der Waals surface area contributed by atoms with Crippen LogP contribution in [0.15, 0.2) is 66.9 Å². The third-order valence-corrected chi connectivity index (χ3v) is 6.32. The molecule has 0 aliphatic rings. The number of carboxylic acid groups (broad SMARTS) is 1. The van der Waals surface area contributed by atoms with Gasteiger partial charge in [-0.3, -0.25) is 9.59 Å². The number of ether oxygens (including phenoxy) is 1. The van der Waals surface area contributed by atoms with E-state index in [0.29, 0.717) is 31.1 Å². The average Bonchev–Trinajstić information content (AvgIpc) is 3.22. The number of fused-ring (bicyclic) bond motifs is 1. The van der Waals surface area contributed by atoms with Gasteiger partial charge in [-0.25, -0.2) is 0 Å². The number of aliphatic carboxylic acids is 1. The van der Waals surface area contributed by atoms with E-state index in [1.165, 1.54) is 11.1 Å². The molecule has 1 heterocycles. The Labute approximate surface area is 214 Å². The Balaban J connectivity index is 1.65. The van der Waals surface area contributed by atoms with Crippen LogP contribution in [0, 0.1) is 5.92 Å². The van der Waals surface area contributed by atoms with Gasteiger partial charge in [0, 0.05) is 35.6 Å². The minimum Gasteiger partial charge on any atom is -0.481 e. The molecular weight excluding hydrogens is 450 g/mol. The number of unbranched alkanes of at least 4 members (excludes halogenated alkanes) is 1. The predicted octanol–water partition coefficient (Wildman–Crippen LogP) is 7.39. The highest BCUT2D eigenvalue weighted by molar-refractivity contribution is 6.13. The van der Waals surface area contributed by atoms with Crippen molar-refractivity contribution < 1.29 is 19.4 Å². The molecule has 0 aliphatic heterocycles. The molecule has 0 radical (unpaired) electrons. The smallest absolute Gasteiger partial charge is 0.303 e. The Hall–Kier alpha value is -3.18. The highest BCUT2D eigenvalue weighted by Gasteiger charge is 2.14. The third kappa shape index (κ3) is 7.92. The van der Waals surface area contributed by atoms with E-state index in [9.17, 15) is 9.59 Å². The Bertz CT molecular complexity index is 1160. The monoisotopic (exact) mass is 489 g/mol. The minimum absolute atomic E-state index is 0.00829. The maximum Gasteiger partial charge on any atom is 0.303 e. The average molecular weight is 490 g/mol. The number of carboxylic acids is 1. The lowest BCUT2D eigenvalue weighted by atomic mass is 9.98. The number of benzene rings is 2. The van der Waals surface area contributed by atoms with E-state index in [2.05, 4.69) is 45.0 Å². The Morgan fingerprint density at radius 1 is 1.06 bits per heavy atom. The number of aromatic nitrogens is 1. The van der Waals surface area contributed by atoms with Crippen LogP contribution in [0.25, 0.3) is 10.9 Å². The molecule has 1 atom stereocenters. The van der Waals surface area contributed by atoms with Crippen molar-refractivity contribution in [2.45, 2.75) is 71.9 Å². The van der Waals surface area contributed by atoms with Gasteiger partial charge in [-0.2, -0.15) is 0 Å². The van der Waals surface area contributed by atoms with Crippen molar-refractivity contribution >= 4 is 22.7 Å². The number of nitrogens with zero attached hydrogens (tertiary/aromatic N) is 1. The van der Waals surface area contributed by atoms with Crippen molar-refractivity contribution in [1.29, 1.82) is 0 Å². The maximum absolute atomic E-state index is 13.0.